The van der Waals surface area contributed by atoms with Crippen LogP contribution < -0.4 is 24.4 Å². The van der Waals surface area contributed by atoms with Gasteiger partial charge in [0.1, 0.15) is 6.04 Å². The van der Waals surface area contributed by atoms with Crippen LogP contribution in [0.15, 0.2) is 42.5 Å². The standard InChI is InChI=1S/C21H21ClN2O5/c22-15-3-1-14(2-4-15)18(25)12-17(21(26)27)24-9-7-23(8-10-24)16-5-6-19-20(11-16)29-13-28-19/h1-6,11,17H,7-10,12-13H2,(H,26,27)/t17-/m1/s1. The van der Waals surface area contributed by atoms with Gasteiger partial charge in [0.2, 0.25) is 6.79 Å². The molecule has 0 aliphatic carbocycles. The first-order chi connectivity index (χ1) is 14.0. The molecule has 0 saturated carbocycles. The Balaban J connectivity index is 1.39. The first-order valence-electron chi connectivity index (χ1n) is 9.50. The molecule has 7 nitrogen and oxygen atoms in total. The third kappa shape index (κ3) is 4.31. The molecule has 152 valence electrons. The summed E-state index contributed by atoms with van der Waals surface area (Å²) in [5.74, 6) is 0.0367. The number of nitrogens with one attached hydrogen (secondary N) is 1. The van der Waals surface area contributed by atoms with Crippen molar-refractivity contribution in [3.05, 3.63) is 53.1 Å². The molecule has 1 atom stereocenters. The molecule has 0 radical (unpaired) electrons. The van der Waals surface area contributed by atoms with Gasteiger partial charge in [0, 0.05) is 22.3 Å². The van der Waals surface area contributed by atoms with Crippen molar-refractivity contribution in [1.82, 2.24) is 0 Å². The van der Waals surface area contributed by atoms with Gasteiger partial charge in [-0.05, 0) is 36.4 Å². The molecule has 0 spiro atoms. The SMILES string of the molecule is O=C(C[C@H](C(=O)[O-])[NH+]1CCN(c2ccc3c(c2)OCO3)CC1)c1ccc(Cl)cc1. The fraction of sp³-hybridized carbons (Fsp3) is 0.333. The second-order valence-electron chi connectivity index (χ2n) is 7.19. The van der Waals surface area contributed by atoms with Gasteiger partial charge in [0.15, 0.2) is 17.3 Å². The Morgan fingerprint density at radius 3 is 2.45 bits per heavy atom. The topological polar surface area (TPSA) is 83.3 Å². The van der Waals surface area contributed by atoms with Gasteiger partial charge in [0.25, 0.3) is 0 Å². The van der Waals surface area contributed by atoms with Gasteiger partial charge in [0.05, 0.1) is 38.6 Å². The molecule has 0 bridgehead atoms. The van der Waals surface area contributed by atoms with Crippen LogP contribution in [0.2, 0.25) is 5.02 Å². The van der Waals surface area contributed by atoms with Gasteiger partial charge in [-0.25, -0.2) is 0 Å². The summed E-state index contributed by atoms with van der Waals surface area (Å²) in [5, 5.41) is 12.3. The van der Waals surface area contributed by atoms with Crippen molar-refractivity contribution in [2.75, 3.05) is 37.9 Å². The number of quaternary nitrogens is 1. The summed E-state index contributed by atoms with van der Waals surface area (Å²) in [4.78, 5) is 27.3. The summed E-state index contributed by atoms with van der Waals surface area (Å²) in [6.07, 6.45) is -0.0939. The Kier molecular flexibility index (Phi) is 5.60. The number of aliphatic carboxylic acids is 1. The quantitative estimate of drug-likeness (QED) is 0.676. The molecule has 2 heterocycles. The van der Waals surface area contributed by atoms with E-state index >= 15 is 0 Å². The minimum absolute atomic E-state index is 0.0939. The monoisotopic (exact) mass is 416 g/mol. The van der Waals surface area contributed by atoms with Crippen LogP contribution in [0.3, 0.4) is 0 Å². The van der Waals surface area contributed by atoms with Gasteiger partial charge < -0.3 is 29.2 Å². The minimum atomic E-state index is -1.20. The Labute approximate surface area is 173 Å². The third-order valence-electron chi connectivity index (χ3n) is 5.46. The lowest BCUT2D eigenvalue weighted by Gasteiger charge is -2.37. The molecule has 0 aromatic heterocycles. The number of rotatable bonds is 6. The zero-order valence-corrected chi connectivity index (χ0v) is 16.5. The summed E-state index contributed by atoms with van der Waals surface area (Å²) in [5.41, 5.74) is 1.47. The van der Waals surface area contributed by atoms with Crippen molar-refractivity contribution in [3.8, 4) is 11.5 Å². The van der Waals surface area contributed by atoms with Crippen LogP contribution in [0.5, 0.6) is 11.5 Å². The number of nitrogens with zero attached hydrogens (tertiary/aromatic N) is 1. The Morgan fingerprint density at radius 2 is 1.76 bits per heavy atom. The van der Waals surface area contributed by atoms with Gasteiger partial charge >= 0.3 is 0 Å². The van der Waals surface area contributed by atoms with Crippen molar-refractivity contribution in [1.29, 1.82) is 0 Å². The van der Waals surface area contributed by atoms with Crippen LogP contribution in [-0.2, 0) is 4.79 Å². The zero-order valence-electron chi connectivity index (χ0n) is 15.7. The lowest BCUT2D eigenvalue weighted by molar-refractivity contribution is -0.918. The summed E-state index contributed by atoms with van der Waals surface area (Å²) >= 11 is 5.85. The predicted octanol–water partition coefficient (Wildman–Crippen LogP) is 0.165. The number of piperazine rings is 1. The number of ketones is 1. The van der Waals surface area contributed by atoms with E-state index in [0.29, 0.717) is 36.8 Å². The second kappa shape index (κ2) is 8.31. The van der Waals surface area contributed by atoms with E-state index in [9.17, 15) is 14.7 Å². The maximum Gasteiger partial charge on any atom is 0.231 e. The molecular formula is C21H21ClN2O5. The number of ether oxygens (including phenoxy) is 2. The first-order valence-corrected chi connectivity index (χ1v) is 9.88. The molecular weight excluding hydrogens is 396 g/mol. The fourth-order valence-electron chi connectivity index (χ4n) is 3.82. The highest BCUT2D eigenvalue weighted by Gasteiger charge is 2.31. The number of carboxylic acid groups (broad SMARTS) is 1. The molecule has 0 unspecified atom stereocenters. The van der Waals surface area contributed by atoms with Gasteiger partial charge in [-0.1, -0.05) is 11.6 Å². The average molecular weight is 417 g/mol. The predicted molar refractivity (Wildman–Crippen MR) is 105 cm³/mol. The van der Waals surface area contributed by atoms with Gasteiger partial charge in [-0.15, -0.1) is 0 Å². The molecule has 2 aliphatic rings. The van der Waals surface area contributed by atoms with E-state index in [2.05, 4.69) is 4.90 Å². The number of benzene rings is 2. The van der Waals surface area contributed by atoms with Crippen molar-refractivity contribution in [2.45, 2.75) is 12.5 Å². The van der Waals surface area contributed by atoms with Crippen LogP contribution in [0.4, 0.5) is 5.69 Å². The number of carbonyl (C=O) groups is 2. The molecule has 1 N–H and O–H groups in total. The van der Waals surface area contributed by atoms with Crippen LogP contribution in [0, 0.1) is 0 Å². The highest BCUT2D eigenvalue weighted by atomic mass is 35.5. The summed E-state index contributed by atoms with van der Waals surface area (Å²) in [6, 6.07) is 11.4. The highest BCUT2D eigenvalue weighted by molar-refractivity contribution is 6.30. The molecule has 29 heavy (non-hydrogen) atoms. The van der Waals surface area contributed by atoms with E-state index < -0.39 is 12.0 Å². The van der Waals surface area contributed by atoms with Crippen LogP contribution in [0.1, 0.15) is 16.8 Å². The minimum Gasteiger partial charge on any atom is -0.544 e. The first kappa shape index (κ1) is 19.5. The van der Waals surface area contributed by atoms with Crippen LogP contribution >= 0.6 is 11.6 Å². The number of Topliss-reactive ketones (excluding diaryl/α,β-unsaturated/α-hetero) is 1. The molecule has 1 fully saturated rings. The van der Waals surface area contributed by atoms with E-state index in [0.717, 1.165) is 22.1 Å². The summed E-state index contributed by atoms with van der Waals surface area (Å²) < 4.78 is 10.8. The normalized spacial score (nSPS) is 17.2. The Morgan fingerprint density at radius 1 is 1.07 bits per heavy atom. The number of carboxylic acids is 1. The van der Waals surface area contributed by atoms with E-state index in [4.69, 9.17) is 21.1 Å². The van der Waals surface area contributed by atoms with E-state index in [-0.39, 0.29) is 19.0 Å². The molecule has 2 aromatic carbocycles. The van der Waals surface area contributed by atoms with E-state index in [1.54, 1.807) is 24.3 Å². The average Bonchev–Trinajstić information content (AvgIpc) is 3.20. The number of hydrogen-bond donors (Lipinski definition) is 1. The van der Waals surface area contributed by atoms with Gasteiger partial charge in [-0.3, -0.25) is 4.79 Å². The third-order valence-corrected chi connectivity index (χ3v) is 5.71. The number of halogens is 1. The molecule has 0 amide bonds. The zero-order chi connectivity index (χ0) is 20.4. The molecule has 4 rings (SSSR count). The summed E-state index contributed by atoms with van der Waals surface area (Å²) in [6.45, 7) is 2.77. The van der Waals surface area contributed by atoms with E-state index in [1.807, 2.05) is 18.2 Å². The lowest BCUT2D eigenvalue weighted by Crippen LogP contribution is -3.19. The highest BCUT2D eigenvalue weighted by Crippen LogP contribution is 2.35. The molecule has 1 saturated heterocycles. The number of hydrogen-bond acceptors (Lipinski definition) is 6. The molecule has 2 aromatic rings. The fourth-order valence-corrected chi connectivity index (χ4v) is 3.94. The van der Waals surface area contributed by atoms with E-state index in [1.165, 1.54) is 0 Å². The van der Waals surface area contributed by atoms with Crippen LogP contribution in [0.25, 0.3) is 0 Å². The van der Waals surface area contributed by atoms with Crippen molar-refractivity contribution >= 4 is 29.0 Å². The maximum atomic E-state index is 12.5. The molecule has 8 heteroatoms. The lowest BCUT2D eigenvalue weighted by atomic mass is 10.0. The second-order valence-corrected chi connectivity index (χ2v) is 7.63. The Hall–Kier alpha value is -2.77. The largest absolute Gasteiger partial charge is 0.544 e. The van der Waals surface area contributed by atoms with Crippen molar-refractivity contribution in [2.24, 2.45) is 0 Å². The van der Waals surface area contributed by atoms with Crippen molar-refractivity contribution in [3.63, 3.8) is 0 Å². The number of carbonyl (C=O) groups excluding carboxylic acids is 2. The Bertz CT molecular complexity index is 910. The van der Waals surface area contributed by atoms with Gasteiger partial charge in [-0.2, -0.15) is 0 Å². The maximum absolute atomic E-state index is 12.5. The number of fused-ring (bicyclic) bond motifs is 1. The molecule has 2 aliphatic heterocycles. The van der Waals surface area contributed by atoms with Crippen molar-refractivity contribution < 1.29 is 29.1 Å². The summed E-state index contributed by atoms with van der Waals surface area (Å²) in [7, 11) is 0. The number of anilines is 1. The van der Waals surface area contributed by atoms with Crippen LogP contribution in [-0.4, -0.2) is 50.8 Å². The smallest absolute Gasteiger partial charge is 0.231 e.